The Morgan fingerprint density at radius 2 is 2.07 bits per heavy atom. The van der Waals surface area contributed by atoms with Gasteiger partial charge in [-0.15, -0.1) is 24.0 Å². The first-order valence-electron chi connectivity index (χ1n) is 10.0. The van der Waals surface area contributed by atoms with Crippen LogP contribution < -0.4 is 10.1 Å². The Kier molecular flexibility index (Phi) is 12.5. The largest absolute Gasteiger partial charge is 0.492 e. The van der Waals surface area contributed by atoms with E-state index in [1.165, 1.54) is 45.3 Å². The number of unbranched alkanes of at least 4 members (excludes halogenated alkanes) is 1. The minimum absolute atomic E-state index is 0. The summed E-state index contributed by atoms with van der Waals surface area (Å²) in [6, 6.07) is 9.94. The summed E-state index contributed by atoms with van der Waals surface area (Å²) < 4.78 is 5.76. The zero-order valence-corrected chi connectivity index (χ0v) is 19.5. The van der Waals surface area contributed by atoms with Gasteiger partial charge in [0.05, 0.1) is 6.54 Å². The quantitative estimate of drug-likeness (QED) is 0.249. The first kappa shape index (κ1) is 24.0. The van der Waals surface area contributed by atoms with Crippen molar-refractivity contribution in [2.24, 2.45) is 10.9 Å². The van der Waals surface area contributed by atoms with Crippen molar-refractivity contribution in [2.75, 3.05) is 53.4 Å². The van der Waals surface area contributed by atoms with Gasteiger partial charge in [-0.1, -0.05) is 25.1 Å². The Bertz CT molecular complexity index is 526. The van der Waals surface area contributed by atoms with Gasteiger partial charge in [-0.25, -0.2) is 0 Å². The number of hydrogen-bond donors (Lipinski definition) is 1. The van der Waals surface area contributed by atoms with Crippen LogP contribution >= 0.6 is 24.0 Å². The Morgan fingerprint density at radius 3 is 2.78 bits per heavy atom. The highest BCUT2D eigenvalue weighted by Crippen LogP contribution is 2.15. The van der Waals surface area contributed by atoms with Crippen LogP contribution in [0.2, 0.25) is 0 Å². The highest BCUT2D eigenvalue weighted by Gasteiger charge is 2.15. The average molecular weight is 488 g/mol. The summed E-state index contributed by atoms with van der Waals surface area (Å²) in [5.74, 6) is 2.72. The number of para-hydroxylation sites is 1. The number of hydrogen-bond acceptors (Lipinski definition) is 3. The van der Waals surface area contributed by atoms with Crippen molar-refractivity contribution >= 4 is 29.9 Å². The summed E-state index contributed by atoms with van der Waals surface area (Å²) >= 11 is 0. The van der Waals surface area contributed by atoms with E-state index in [1.54, 1.807) is 0 Å². The second-order valence-corrected chi connectivity index (χ2v) is 7.31. The number of piperidine rings is 1. The van der Waals surface area contributed by atoms with Crippen LogP contribution in [0.4, 0.5) is 0 Å². The third-order valence-corrected chi connectivity index (χ3v) is 4.94. The minimum Gasteiger partial charge on any atom is -0.492 e. The van der Waals surface area contributed by atoms with Gasteiger partial charge in [-0.05, 0) is 56.8 Å². The van der Waals surface area contributed by atoms with Gasteiger partial charge in [-0.2, -0.15) is 0 Å². The minimum atomic E-state index is 0. The third-order valence-electron chi connectivity index (χ3n) is 4.94. The van der Waals surface area contributed by atoms with Gasteiger partial charge in [0.2, 0.25) is 0 Å². The molecule has 154 valence electrons. The van der Waals surface area contributed by atoms with Crippen LogP contribution in [0.1, 0.15) is 32.6 Å². The van der Waals surface area contributed by atoms with E-state index in [0.717, 1.165) is 30.7 Å². The van der Waals surface area contributed by atoms with Gasteiger partial charge >= 0.3 is 0 Å². The zero-order valence-electron chi connectivity index (χ0n) is 17.2. The smallest absolute Gasteiger partial charge is 0.193 e. The van der Waals surface area contributed by atoms with Crippen molar-refractivity contribution in [1.82, 2.24) is 15.1 Å². The van der Waals surface area contributed by atoms with Crippen LogP contribution in [0.5, 0.6) is 5.75 Å². The summed E-state index contributed by atoms with van der Waals surface area (Å²) in [5, 5.41) is 3.47. The molecule has 1 aliphatic heterocycles. The van der Waals surface area contributed by atoms with Gasteiger partial charge in [-0.3, -0.25) is 4.99 Å². The monoisotopic (exact) mass is 488 g/mol. The molecule has 2 rings (SSSR count). The number of nitrogens with one attached hydrogen (secondary N) is 1. The maximum absolute atomic E-state index is 5.76. The summed E-state index contributed by atoms with van der Waals surface area (Å²) in [6.45, 7) is 8.58. The number of likely N-dealkylation sites (N-methyl/N-ethyl adjacent to an activating group) is 1. The van der Waals surface area contributed by atoms with E-state index in [1.807, 2.05) is 37.4 Å². The Hall–Kier alpha value is -1.02. The van der Waals surface area contributed by atoms with E-state index in [2.05, 4.69) is 34.1 Å². The maximum Gasteiger partial charge on any atom is 0.193 e. The molecule has 1 aliphatic rings. The lowest BCUT2D eigenvalue weighted by Gasteiger charge is -2.30. The molecular formula is C21H37IN4O. The molecule has 0 amide bonds. The normalized spacial score (nSPS) is 17.9. The molecule has 1 unspecified atom stereocenters. The molecule has 0 aliphatic carbocycles. The van der Waals surface area contributed by atoms with Crippen molar-refractivity contribution in [3.63, 3.8) is 0 Å². The fraction of sp³-hybridized carbons (Fsp3) is 0.667. The molecule has 1 atom stereocenters. The van der Waals surface area contributed by atoms with Crippen molar-refractivity contribution in [3.05, 3.63) is 30.3 Å². The SMILES string of the molecule is CN=C(NCCCCN1CCCC(C)C1)N(C)CCOc1ccccc1.I. The number of ether oxygens (including phenoxy) is 1. The van der Waals surface area contributed by atoms with E-state index in [0.29, 0.717) is 6.61 Å². The lowest BCUT2D eigenvalue weighted by atomic mass is 10.0. The van der Waals surface area contributed by atoms with Gasteiger partial charge in [0.25, 0.3) is 0 Å². The van der Waals surface area contributed by atoms with Crippen LogP contribution in [0.25, 0.3) is 0 Å². The van der Waals surface area contributed by atoms with Crippen LogP contribution in [0, 0.1) is 5.92 Å². The van der Waals surface area contributed by atoms with Crippen LogP contribution in [0.3, 0.4) is 0 Å². The summed E-state index contributed by atoms with van der Waals surface area (Å²) in [6.07, 6.45) is 5.19. The fourth-order valence-electron chi connectivity index (χ4n) is 3.46. The highest BCUT2D eigenvalue weighted by molar-refractivity contribution is 14.0. The molecule has 0 bridgehead atoms. The van der Waals surface area contributed by atoms with Crippen molar-refractivity contribution in [2.45, 2.75) is 32.6 Å². The molecular weight excluding hydrogens is 451 g/mol. The maximum atomic E-state index is 5.76. The predicted octanol–water partition coefficient (Wildman–Crippen LogP) is 3.70. The van der Waals surface area contributed by atoms with Crippen molar-refractivity contribution in [1.29, 1.82) is 0 Å². The number of likely N-dealkylation sites (tertiary alicyclic amines) is 1. The van der Waals surface area contributed by atoms with E-state index in [4.69, 9.17) is 4.74 Å². The molecule has 5 nitrogen and oxygen atoms in total. The molecule has 1 heterocycles. The molecule has 1 aromatic rings. The standard InChI is InChI=1S/C21H36N4O.HI/c1-19-10-9-15-25(18-19)14-8-7-13-23-21(22-2)24(3)16-17-26-20-11-5-4-6-12-20;/h4-6,11-12,19H,7-10,13-18H2,1-3H3,(H,22,23);1H. The number of aliphatic imine (C=N–C) groups is 1. The fourth-order valence-corrected chi connectivity index (χ4v) is 3.46. The average Bonchev–Trinajstić information content (AvgIpc) is 2.65. The topological polar surface area (TPSA) is 40.1 Å². The van der Waals surface area contributed by atoms with E-state index in [-0.39, 0.29) is 24.0 Å². The third kappa shape index (κ3) is 9.65. The van der Waals surface area contributed by atoms with Gasteiger partial charge in [0.15, 0.2) is 5.96 Å². The first-order valence-corrected chi connectivity index (χ1v) is 10.0. The second-order valence-electron chi connectivity index (χ2n) is 7.31. The van der Waals surface area contributed by atoms with Gasteiger partial charge in [0, 0.05) is 27.2 Å². The summed E-state index contributed by atoms with van der Waals surface area (Å²) in [5.41, 5.74) is 0. The zero-order chi connectivity index (χ0) is 18.6. The van der Waals surface area contributed by atoms with E-state index in [9.17, 15) is 0 Å². The molecule has 0 radical (unpaired) electrons. The van der Waals surface area contributed by atoms with E-state index < -0.39 is 0 Å². The number of nitrogens with zero attached hydrogens (tertiary/aromatic N) is 3. The van der Waals surface area contributed by atoms with Crippen LogP contribution in [-0.2, 0) is 0 Å². The second kappa shape index (κ2) is 14.0. The van der Waals surface area contributed by atoms with Crippen molar-refractivity contribution in [3.8, 4) is 5.75 Å². The molecule has 0 spiro atoms. The number of rotatable bonds is 9. The van der Waals surface area contributed by atoms with Crippen molar-refractivity contribution < 1.29 is 4.74 Å². The molecule has 1 aromatic carbocycles. The molecule has 0 saturated carbocycles. The van der Waals surface area contributed by atoms with Gasteiger partial charge in [0.1, 0.15) is 12.4 Å². The first-order chi connectivity index (χ1) is 12.7. The highest BCUT2D eigenvalue weighted by atomic mass is 127. The van der Waals surface area contributed by atoms with Gasteiger partial charge < -0.3 is 19.9 Å². The Balaban J connectivity index is 0.00000364. The molecule has 6 heteroatoms. The molecule has 1 saturated heterocycles. The number of halogens is 1. The predicted molar refractivity (Wildman–Crippen MR) is 125 cm³/mol. The number of guanidine groups is 1. The Morgan fingerprint density at radius 1 is 1.30 bits per heavy atom. The molecule has 1 N–H and O–H groups in total. The summed E-state index contributed by atoms with van der Waals surface area (Å²) in [4.78, 5) is 9.12. The Labute approximate surface area is 182 Å². The molecule has 1 fully saturated rings. The van der Waals surface area contributed by atoms with Crippen LogP contribution in [0.15, 0.2) is 35.3 Å². The van der Waals surface area contributed by atoms with E-state index >= 15 is 0 Å². The molecule has 27 heavy (non-hydrogen) atoms. The van der Waals surface area contributed by atoms with Crippen LogP contribution in [-0.4, -0.2) is 69.2 Å². The number of benzene rings is 1. The lowest BCUT2D eigenvalue weighted by Crippen LogP contribution is -2.41. The lowest BCUT2D eigenvalue weighted by molar-refractivity contribution is 0.181. The molecule has 0 aromatic heterocycles. The summed E-state index contributed by atoms with van der Waals surface area (Å²) in [7, 11) is 3.89.